The summed E-state index contributed by atoms with van der Waals surface area (Å²) in [5, 5.41) is 10.7. The van der Waals surface area contributed by atoms with E-state index in [1.54, 1.807) is 0 Å². The van der Waals surface area contributed by atoms with E-state index in [9.17, 15) is 27.5 Å². The number of hydrogen-bond donors (Lipinski definition) is 2. The number of carbonyl (C=O) groups excluding carboxylic acids is 2. The van der Waals surface area contributed by atoms with Crippen LogP contribution in [0.4, 0.5) is 9.39 Å². The highest BCUT2D eigenvalue weighted by molar-refractivity contribution is 7.93. The van der Waals surface area contributed by atoms with Crippen LogP contribution < -0.4 is 10.0 Å². The van der Waals surface area contributed by atoms with Gasteiger partial charge in [0.15, 0.2) is 0 Å². The molecular formula is C14H13FN2O5S2. The van der Waals surface area contributed by atoms with Crippen LogP contribution in [-0.4, -0.2) is 31.4 Å². The second-order valence-electron chi connectivity index (χ2n) is 4.74. The van der Waals surface area contributed by atoms with Gasteiger partial charge >= 0.3 is 0 Å². The Morgan fingerprint density at radius 3 is 2.33 bits per heavy atom. The van der Waals surface area contributed by atoms with Crippen LogP contribution >= 0.6 is 11.3 Å². The summed E-state index contributed by atoms with van der Waals surface area (Å²) in [5.74, 6) is -2.75. The van der Waals surface area contributed by atoms with E-state index in [0.29, 0.717) is 4.31 Å². The molecule has 24 heavy (non-hydrogen) atoms. The Kier molecular flexibility index (Phi) is 5.02. The summed E-state index contributed by atoms with van der Waals surface area (Å²) < 4.78 is 38.9. The van der Waals surface area contributed by atoms with Crippen LogP contribution in [0.25, 0.3) is 0 Å². The third kappa shape index (κ3) is 3.30. The van der Waals surface area contributed by atoms with Gasteiger partial charge in [-0.25, -0.2) is 12.8 Å². The molecule has 3 N–H and O–H groups in total. The lowest BCUT2D eigenvalue weighted by Crippen LogP contribution is -2.42. The van der Waals surface area contributed by atoms with Crippen LogP contribution in [0.15, 0.2) is 40.6 Å². The molecule has 0 saturated carbocycles. The number of nitrogens with zero attached hydrogens (tertiary/aromatic N) is 1. The van der Waals surface area contributed by atoms with Gasteiger partial charge in [-0.05, 0) is 42.6 Å². The number of primary amides is 1. The molecule has 0 saturated heterocycles. The topological polar surface area (TPSA) is 118 Å². The van der Waals surface area contributed by atoms with Crippen LogP contribution in [0.2, 0.25) is 0 Å². The van der Waals surface area contributed by atoms with Gasteiger partial charge in [-0.2, -0.15) is 4.31 Å². The van der Waals surface area contributed by atoms with Gasteiger partial charge in [0.1, 0.15) is 16.9 Å². The number of amides is 2. The van der Waals surface area contributed by atoms with Gasteiger partial charge in [0.05, 0.1) is 10.5 Å². The van der Waals surface area contributed by atoms with Crippen molar-refractivity contribution in [1.29, 1.82) is 0 Å². The summed E-state index contributed by atoms with van der Waals surface area (Å²) in [7, 11) is -4.48. The Balaban J connectivity index is 2.67. The average molecular weight is 372 g/mol. The first-order valence-corrected chi connectivity index (χ1v) is 8.88. The SMILES string of the molecule is C[C@@H](O)C(=O)N(c1sccc1C(N)=O)S(=O)(=O)c1ccc(F)cc1. The van der Waals surface area contributed by atoms with Crippen molar-refractivity contribution in [2.75, 3.05) is 4.31 Å². The minimum atomic E-state index is -4.48. The Bertz CT molecular complexity index is 875. The molecule has 0 radical (unpaired) electrons. The standard InChI is InChI=1S/C14H13FN2O5S2/c1-8(18)13(20)17(14-11(12(16)19)6-7-23-14)24(21,22)10-4-2-9(15)3-5-10/h2-8,18H,1H3,(H2,16,19)/t8-/m1/s1. The van der Waals surface area contributed by atoms with E-state index in [0.717, 1.165) is 42.5 Å². The van der Waals surface area contributed by atoms with Gasteiger partial charge in [0.2, 0.25) is 0 Å². The largest absolute Gasteiger partial charge is 0.384 e. The Labute approximate surface area is 141 Å². The highest BCUT2D eigenvalue weighted by Crippen LogP contribution is 2.33. The Morgan fingerprint density at radius 1 is 1.25 bits per heavy atom. The van der Waals surface area contributed by atoms with E-state index in [4.69, 9.17) is 5.73 Å². The first-order chi connectivity index (χ1) is 11.2. The van der Waals surface area contributed by atoms with Crippen LogP contribution in [0.3, 0.4) is 0 Å². The zero-order chi connectivity index (χ0) is 18.1. The van der Waals surface area contributed by atoms with Crippen molar-refractivity contribution in [2.45, 2.75) is 17.9 Å². The second-order valence-corrected chi connectivity index (χ2v) is 7.42. The number of carbonyl (C=O) groups is 2. The lowest BCUT2D eigenvalue weighted by molar-refractivity contribution is -0.124. The normalized spacial score (nSPS) is 12.6. The zero-order valence-corrected chi connectivity index (χ0v) is 14.0. The molecular weight excluding hydrogens is 359 g/mol. The van der Waals surface area contributed by atoms with Gasteiger partial charge in [-0.3, -0.25) is 9.59 Å². The maximum absolute atomic E-state index is 13.0. The van der Waals surface area contributed by atoms with Crippen LogP contribution in [-0.2, 0) is 14.8 Å². The third-order valence-electron chi connectivity index (χ3n) is 3.00. The molecule has 1 atom stereocenters. The molecule has 2 amide bonds. The van der Waals surface area contributed by atoms with Crippen molar-refractivity contribution in [3.8, 4) is 0 Å². The van der Waals surface area contributed by atoms with Crippen molar-refractivity contribution in [2.24, 2.45) is 5.73 Å². The van der Waals surface area contributed by atoms with Crippen molar-refractivity contribution in [1.82, 2.24) is 0 Å². The number of thiophene rings is 1. The van der Waals surface area contributed by atoms with Crippen molar-refractivity contribution in [3.05, 3.63) is 47.1 Å². The molecule has 128 valence electrons. The third-order valence-corrected chi connectivity index (χ3v) is 5.73. The predicted molar refractivity (Wildman–Crippen MR) is 85.6 cm³/mol. The maximum Gasteiger partial charge on any atom is 0.271 e. The molecule has 1 aromatic heterocycles. The van der Waals surface area contributed by atoms with Gasteiger partial charge < -0.3 is 10.8 Å². The summed E-state index contributed by atoms with van der Waals surface area (Å²) in [6.45, 7) is 1.09. The maximum atomic E-state index is 13.0. The average Bonchev–Trinajstić information content (AvgIpc) is 2.96. The lowest BCUT2D eigenvalue weighted by Gasteiger charge is -2.23. The van der Waals surface area contributed by atoms with Crippen molar-refractivity contribution in [3.63, 3.8) is 0 Å². The number of sulfonamides is 1. The molecule has 10 heteroatoms. The summed E-state index contributed by atoms with van der Waals surface area (Å²) in [5.41, 5.74) is 5.02. The molecule has 0 bridgehead atoms. The number of aliphatic hydroxyl groups excluding tert-OH is 1. The van der Waals surface area contributed by atoms with E-state index in [-0.39, 0.29) is 15.5 Å². The molecule has 1 heterocycles. The van der Waals surface area contributed by atoms with Gasteiger partial charge in [0.25, 0.3) is 21.8 Å². The second kappa shape index (κ2) is 6.67. The molecule has 7 nitrogen and oxygen atoms in total. The molecule has 0 unspecified atom stereocenters. The first kappa shape index (κ1) is 18.0. The van der Waals surface area contributed by atoms with Crippen LogP contribution in [0.1, 0.15) is 17.3 Å². The van der Waals surface area contributed by atoms with Gasteiger partial charge in [-0.15, -0.1) is 11.3 Å². The van der Waals surface area contributed by atoms with E-state index in [1.807, 2.05) is 0 Å². The first-order valence-electron chi connectivity index (χ1n) is 6.56. The quantitative estimate of drug-likeness (QED) is 0.814. The summed E-state index contributed by atoms with van der Waals surface area (Å²) in [4.78, 5) is 23.4. The molecule has 0 fully saturated rings. The molecule has 1 aromatic carbocycles. The molecule has 0 aliphatic carbocycles. The molecule has 0 aliphatic rings. The van der Waals surface area contributed by atoms with Crippen LogP contribution in [0, 0.1) is 5.82 Å². The fourth-order valence-corrected chi connectivity index (χ4v) is 4.49. The number of hydrogen-bond acceptors (Lipinski definition) is 6. The molecule has 2 aromatic rings. The molecule has 0 spiro atoms. The number of aliphatic hydroxyl groups is 1. The number of benzene rings is 1. The zero-order valence-electron chi connectivity index (χ0n) is 12.3. The summed E-state index contributed by atoms with van der Waals surface area (Å²) in [6.07, 6.45) is -1.65. The Hall–Kier alpha value is -2.30. The molecule has 0 aliphatic heterocycles. The lowest BCUT2D eigenvalue weighted by atomic mass is 10.3. The highest BCUT2D eigenvalue weighted by Gasteiger charge is 2.36. The number of halogens is 1. The van der Waals surface area contributed by atoms with E-state index in [2.05, 4.69) is 0 Å². The van der Waals surface area contributed by atoms with Crippen LogP contribution in [0.5, 0.6) is 0 Å². The smallest absolute Gasteiger partial charge is 0.271 e. The Morgan fingerprint density at radius 2 is 1.83 bits per heavy atom. The van der Waals surface area contributed by atoms with E-state index < -0.39 is 33.8 Å². The van der Waals surface area contributed by atoms with Crippen molar-refractivity contribution < 1.29 is 27.5 Å². The minimum Gasteiger partial charge on any atom is -0.384 e. The molecule has 2 rings (SSSR count). The van der Waals surface area contributed by atoms with Crippen molar-refractivity contribution >= 4 is 38.2 Å². The van der Waals surface area contributed by atoms with E-state index >= 15 is 0 Å². The fourth-order valence-electron chi connectivity index (χ4n) is 1.86. The van der Waals surface area contributed by atoms with Gasteiger partial charge in [0, 0.05) is 0 Å². The fraction of sp³-hybridized carbons (Fsp3) is 0.143. The van der Waals surface area contributed by atoms with E-state index in [1.165, 1.54) is 11.4 Å². The minimum absolute atomic E-state index is 0.181. The predicted octanol–water partition coefficient (Wildman–Crippen LogP) is 1.09. The number of anilines is 1. The summed E-state index contributed by atoms with van der Waals surface area (Å²) in [6, 6.07) is 5.06. The monoisotopic (exact) mass is 372 g/mol. The number of nitrogens with two attached hydrogens (primary N) is 1. The summed E-state index contributed by atoms with van der Waals surface area (Å²) >= 11 is 0.796. The number of rotatable bonds is 5. The highest BCUT2D eigenvalue weighted by atomic mass is 32.2. The van der Waals surface area contributed by atoms with Gasteiger partial charge in [-0.1, -0.05) is 0 Å².